The average Bonchev–Trinajstić information content (AvgIpc) is 2.82. The zero-order chi connectivity index (χ0) is 27.8. The van der Waals surface area contributed by atoms with Crippen molar-refractivity contribution in [2.45, 2.75) is 119 Å². The molecule has 0 bridgehead atoms. The molecule has 6 radical (unpaired) electrons. The van der Waals surface area contributed by atoms with Gasteiger partial charge in [-0.3, -0.25) is 0 Å². The molecule has 3 aromatic rings. The van der Waals surface area contributed by atoms with Crippen molar-refractivity contribution in [2.24, 2.45) is 0 Å². The van der Waals surface area contributed by atoms with Crippen LogP contribution >= 0.6 is 0 Å². The number of hydrogen-bond acceptors (Lipinski definition) is 0. The van der Waals surface area contributed by atoms with Crippen LogP contribution < -0.4 is 4.40 Å². The molecular formula is C36H49GeLi3. The molecule has 0 fully saturated rings. The van der Waals surface area contributed by atoms with E-state index in [1.54, 1.807) is 0 Å². The Bertz CT molecular complexity index is 1100. The smallest absolute Gasteiger partial charge is 0 e. The van der Waals surface area contributed by atoms with E-state index >= 15 is 0 Å². The Kier molecular flexibility index (Phi) is 16.7. The van der Waals surface area contributed by atoms with Crippen molar-refractivity contribution in [2.75, 3.05) is 0 Å². The van der Waals surface area contributed by atoms with E-state index in [0.29, 0.717) is 35.5 Å². The van der Waals surface area contributed by atoms with E-state index in [-0.39, 0.29) is 56.6 Å². The molecule has 0 atom stereocenters. The summed E-state index contributed by atoms with van der Waals surface area (Å²) in [4.78, 5) is 0. The Hall–Kier alpha value is -0.00494. The van der Waals surface area contributed by atoms with Crippen molar-refractivity contribution in [1.29, 1.82) is 0 Å². The van der Waals surface area contributed by atoms with Crippen LogP contribution in [0.25, 0.3) is 22.3 Å². The normalized spacial score (nSPS) is 11.4. The molecular weight excluding hydrogens is 526 g/mol. The van der Waals surface area contributed by atoms with E-state index in [1.165, 1.54) is 60.0 Å². The summed E-state index contributed by atoms with van der Waals surface area (Å²) in [5, 5.41) is 0. The second kappa shape index (κ2) is 16.7. The van der Waals surface area contributed by atoms with Crippen LogP contribution in [0.4, 0.5) is 0 Å². The van der Waals surface area contributed by atoms with Crippen LogP contribution in [0.1, 0.15) is 152 Å². The maximum Gasteiger partial charge on any atom is 0 e. The van der Waals surface area contributed by atoms with Crippen molar-refractivity contribution in [3.8, 4) is 22.3 Å². The Labute approximate surface area is 291 Å². The first-order valence-electron chi connectivity index (χ1n) is 14.5. The van der Waals surface area contributed by atoms with Gasteiger partial charge in [0.2, 0.25) is 0 Å². The summed E-state index contributed by atoms with van der Waals surface area (Å²) in [6.07, 6.45) is 0. The Balaban J connectivity index is 0.00000507. The van der Waals surface area contributed by atoms with E-state index in [9.17, 15) is 0 Å². The SMILES string of the molecule is CC(C)c1cc(C(C)C)c(-c2cccc(-c3c(C(C)C)cc(C(C)C)cc3C(C)C)[c]2[Ge])c(C(C)C)c1.[Li].[Li].[Li]. The molecule has 3 rings (SSSR count). The minimum absolute atomic E-state index is 0. The molecule has 0 aliphatic heterocycles. The van der Waals surface area contributed by atoms with Gasteiger partial charge in [0, 0.05) is 56.6 Å². The van der Waals surface area contributed by atoms with Crippen LogP contribution in [0.3, 0.4) is 0 Å². The van der Waals surface area contributed by atoms with Gasteiger partial charge in [0.05, 0.1) is 0 Å². The van der Waals surface area contributed by atoms with E-state index < -0.39 is 0 Å². The summed E-state index contributed by atoms with van der Waals surface area (Å²) in [6, 6.07) is 17.0. The van der Waals surface area contributed by atoms with Crippen LogP contribution in [-0.2, 0) is 0 Å². The monoisotopic (exact) mass is 576 g/mol. The molecule has 0 aliphatic carbocycles. The van der Waals surface area contributed by atoms with Gasteiger partial charge < -0.3 is 0 Å². The van der Waals surface area contributed by atoms with Gasteiger partial charge in [-0.1, -0.05) is 0 Å². The molecule has 40 heavy (non-hydrogen) atoms. The maximum atomic E-state index is 2.49. The van der Waals surface area contributed by atoms with Gasteiger partial charge in [-0.2, -0.15) is 0 Å². The number of hydrogen-bond donors (Lipinski definition) is 0. The molecule has 4 heteroatoms. The molecule has 0 aromatic heterocycles. The number of benzene rings is 3. The zero-order valence-electron chi connectivity index (χ0n) is 28.5. The van der Waals surface area contributed by atoms with Gasteiger partial charge in [0.15, 0.2) is 0 Å². The van der Waals surface area contributed by atoms with Crippen molar-refractivity contribution in [3.63, 3.8) is 0 Å². The summed E-state index contributed by atoms with van der Waals surface area (Å²) in [7, 11) is 0. The van der Waals surface area contributed by atoms with Gasteiger partial charge in [-0.15, -0.1) is 0 Å². The maximum absolute atomic E-state index is 2.49. The molecule has 200 valence electrons. The summed E-state index contributed by atoms with van der Waals surface area (Å²) in [5.41, 5.74) is 14.6. The molecule has 0 unspecified atom stereocenters. The second-order valence-corrected chi connectivity index (χ2v) is 13.9. The molecule has 3 aromatic carbocycles. The fraction of sp³-hybridized carbons (Fsp3) is 0.500. The summed E-state index contributed by atoms with van der Waals surface area (Å²) in [5.74, 6) is 2.93. The summed E-state index contributed by atoms with van der Waals surface area (Å²) >= 11 is 2.36. The molecule has 0 aliphatic rings. The average molecular weight is 575 g/mol. The Morgan fingerprint density at radius 2 is 0.675 bits per heavy atom. The quantitative estimate of drug-likeness (QED) is 0.235. The molecule has 0 saturated carbocycles. The van der Waals surface area contributed by atoms with Crippen LogP contribution in [0.2, 0.25) is 0 Å². The fourth-order valence-electron chi connectivity index (χ4n) is 5.50. The van der Waals surface area contributed by atoms with E-state index in [0.717, 1.165) is 0 Å². The molecule has 0 heterocycles. The molecule has 0 spiro atoms. The largest absolute Gasteiger partial charge is 0 e. The molecule has 0 saturated heterocycles. The predicted molar refractivity (Wildman–Crippen MR) is 184 cm³/mol. The second-order valence-electron chi connectivity index (χ2n) is 12.8. The first-order chi connectivity index (χ1) is 17.3. The van der Waals surface area contributed by atoms with Crippen molar-refractivity contribution >= 4 is 77.5 Å². The predicted octanol–water partition coefficient (Wildman–Crippen LogP) is 9.41. The van der Waals surface area contributed by atoms with Gasteiger partial charge in [0.25, 0.3) is 0 Å². The molecule has 0 nitrogen and oxygen atoms in total. The molecule has 0 amide bonds. The summed E-state index contributed by atoms with van der Waals surface area (Å²) < 4.78 is 1.41. The van der Waals surface area contributed by atoms with E-state index in [2.05, 4.69) is 142 Å². The van der Waals surface area contributed by atoms with Crippen LogP contribution in [0.15, 0.2) is 42.5 Å². The van der Waals surface area contributed by atoms with E-state index in [4.69, 9.17) is 0 Å². The standard InChI is InChI=1S/C36H49Ge.3Li/c1-20(2)26-16-30(22(5)6)34(31(17-26)23(7)8)28-14-13-15-29(36(28)37)35-32(24(9)10)18-27(21(3)4)19-33(35)25(11)12;;;/h13-25H,1-12H3;;;. The first kappa shape index (κ1) is 40.0. The van der Waals surface area contributed by atoms with Gasteiger partial charge in [0.1, 0.15) is 0 Å². The van der Waals surface area contributed by atoms with Gasteiger partial charge >= 0.3 is 238 Å². The minimum atomic E-state index is 0. The van der Waals surface area contributed by atoms with Gasteiger partial charge in [-0.05, 0) is 0 Å². The van der Waals surface area contributed by atoms with Crippen molar-refractivity contribution < 1.29 is 0 Å². The van der Waals surface area contributed by atoms with Gasteiger partial charge in [-0.25, -0.2) is 0 Å². The first-order valence-corrected chi connectivity index (χ1v) is 15.5. The van der Waals surface area contributed by atoms with Crippen LogP contribution in [-0.4, -0.2) is 73.1 Å². The van der Waals surface area contributed by atoms with Crippen molar-refractivity contribution in [3.05, 3.63) is 75.8 Å². The van der Waals surface area contributed by atoms with Crippen molar-refractivity contribution in [1.82, 2.24) is 0 Å². The van der Waals surface area contributed by atoms with E-state index in [1.807, 2.05) is 0 Å². The number of rotatable bonds is 8. The third-order valence-corrected chi connectivity index (χ3v) is 9.00. The summed E-state index contributed by atoms with van der Waals surface area (Å²) in [6.45, 7) is 28.1. The Morgan fingerprint density at radius 3 is 0.875 bits per heavy atom. The minimum Gasteiger partial charge on any atom is 0 e. The zero-order valence-corrected chi connectivity index (χ0v) is 30.6. The fourth-order valence-corrected chi connectivity index (χ4v) is 6.38. The topological polar surface area (TPSA) is 0 Å². The van der Waals surface area contributed by atoms with Crippen LogP contribution in [0.5, 0.6) is 0 Å². The molecule has 0 N–H and O–H groups in total. The van der Waals surface area contributed by atoms with Crippen LogP contribution in [0, 0.1) is 0 Å². The third kappa shape index (κ3) is 8.55. The third-order valence-electron chi connectivity index (χ3n) is 7.87. The Morgan fingerprint density at radius 1 is 0.425 bits per heavy atom.